The van der Waals surface area contributed by atoms with Crippen LogP contribution in [0.15, 0.2) is 110 Å². The van der Waals surface area contributed by atoms with E-state index in [4.69, 9.17) is 0 Å². The van der Waals surface area contributed by atoms with Gasteiger partial charge in [-0.25, -0.2) is 0 Å². The van der Waals surface area contributed by atoms with Crippen LogP contribution in [0.5, 0.6) is 0 Å². The summed E-state index contributed by atoms with van der Waals surface area (Å²) in [7, 11) is 0. The van der Waals surface area contributed by atoms with Crippen molar-refractivity contribution in [3.8, 4) is 0 Å². The number of nitrogens with zero attached hydrogens (tertiary/aromatic N) is 2. The normalized spacial score (nSPS) is 13.2. The molecular weight excluding hydrogens is 579 g/mol. The molecule has 0 amide bonds. The van der Waals surface area contributed by atoms with Crippen LogP contribution in [0.2, 0.25) is 0 Å². The fourth-order valence-corrected chi connectivity index (χ4v) is 14.5. The minimum absolute atomic E-state index is 0.0946. The van der Waals surface area contributed by atoms with Gasteiger partial charge in [-0.3, -0.25) is 0 Å². The van der Waals surface area contributed by atoms with Gasteiger partial charge in [0.2, 0.25) is 0 Å². The second kappa shape index (κ2) is 19.0. The summed E-state index contributed by atoms with van der Waals surface area (Å²) >= 11 is 0. The predicted octanol–water partition coefficient (Wildman–Crippen LogP) is 10.8. The Morgan fingerprint density at radius 1 is 0.609 bits per heavy atom. The van der Waals surface area contributed by atoms with E-state index in [1.807, 2.05) is 12.5 Å². The first kappa shape index (κ1) is 35.8. The van der Waals surface area contributed by atoms with E-state index < -0.39 is 6.60 Å². The molecule has 1 unspecified atom stereocenters. The van der Waals surface area contributed by atoms with Crippen molar-refractivity contribution in [2.24, 2.45) is 0 Å². The van der Waals surface area contributed by atoms with E-state index in [0.29, 0.717) is 11.9 Å². The van der Waals surface area contributed by atoms with Crippen molar-refractivity contribution in [1.29, 1.82) is 0 Å². The molecule has 0 aliphatic heterocycles. The first-order valence-electron chi connectivity index (χ1n) is 18.4. The molecule has 4 aromatic rings. The second-order valence-corrected chi connectivity index (χ2v) is 18.4. The van der Waals surface area contributed by atoms with Crippen LogP contribution in [0.3, 0.4) is 0 Å². The molecule has 0 spiro atoms. The van der Waals surface area contributed by atoms with Crippen molar-refractivity contribution < 1.29 is 4.79 Å². The number of aromatic nitrogens is 2. The molecule has 3 nitrogen and oxygen atoms in total. The number of unbranched alkanes of at least 4 members (excludes halogenated alkanes) is 12. The van der Waals surface area contributed by atoms with Gasteiger partial charge in [0.05, 0.1) is 0 Å². The molecule has 0 aliphatic carbocycles. The number of rotatable bonds is 23. The molecular formula is C42H59N2OP. The molecule has 0 N–H and O–H groups in total. The Labute approximate surface area is 280 Å². The Bertz CT molecular complexity index is 1270. The maximum atomic E-state index is 15.6. The van der Waals surface area contributed by atoms with Gasteiger partial charge in [-0.05, 0) is 0 Å². The zero-order chi connectivity index (χ0) is 32.4. The summed E-state index contributed by atoms with van der Waals surface area (Å²) in [5.41, 5.74) is 0.393. The first-order valence-corrected chi connectivity index (χ1v) is 20.8. The Balaban J connectivity index is 1.52. The molecule has 0 aliphatic rings. The average Bonchev–Trinajstić information content (AvgIpc) is 3.65. The Morgan fingerprint density at radius 3 is 1.43 bits per heavy atom. The van der Waals surface area contributed by atoms with Crippen molar-refractivity contribution >= 4 is 28.0 Å². The van der Waals surface area contributed by atoms with Crippen molar-refractivity contribution in [2.75, 3.05) is 6.16 Å². The summed E-state index contributed by atoms with van der Waals surface area (Å²) in [5, 5.41) is 3.55. The van der Waals surface area contributed by atoms with Gasteiger partial charge in [0.1, 0.15) is 0 Å². The van der Waals surface area contributed by atoms with Gasteiger partial charge in [-0.1, -0.05) is 39.0 Å². The summed E-state index contributed by atoms with van der Waals surface area (Å²) in [5.74, 6) is 0. The zero-order valence-corrected chi connectivity index (χ0v) is 29.6. The van der Waals surface area contributed by atoms with Gasteiger partial charge in [0, 0.05) is 0 Å². The van der Waals surface area contributed by atoms with Crippen LogP contribution in [0.25, 0.3) is 0 Å². The van der Waals surface area contributed by atoms with E-state index in [2.05, 4.69) is 121 Å². The molecule has 0 bridgehead atoms. The van der Waals surface area contributed by atoms with E-state index in [1.165, 1.54) is 93.0 Å². The number of carbonyl (C=O) groups excluding carboxylic acids is 1. The second-order valence-electron chi connectivity index (χ2n) is 13.3. The quantitative estimate of drug-likeness (QED) is 0.0598. The SMILES string of the molecule is CCCCCCCCCCCCCCCC(CC(=O)P(CCC)(c1ccccc1)(c1ccccc1)c1ccccc1)n1ccnc1. The number of hydrogen-bond acceptors (Lipinski definition) is 2. The Kier molecular flexibility index (Phi) is 14.8. The van der Waals surface area contributed by atoms with Crippen molar-refractivity contribution in [1.82, 2.24) is 9.55 Å². The van der Waals surface area contributed by atoms with E-state index in [-0.39, 0.29) is 6.04 Å². The van der Waals surface area contributed by atoms with Crippen molar-refractivity contribution in [3.05, 3.63) is 110 Å². The van der Waals surface area contributed by atoms with Gasteiger partial charge < -0.3 is 0 Å². The minimum atomic E-state index is -3.54. The summed E-state index contributed by atoms with van der Waals surface area (Å²) in [6.45, 7) is 0.986. The van der Waals surface area contributed by atoms with Crippen LogP contribution < -0.4 is 15.9 Å². The van der Waals surface area contributed by atoms with Crippen LogP contribution in [0.1, 0.15) is 123 Å². The summed E-state index contributed by atoms with van der Waals surface area (Å²) in [6.07, 6.45) is 26.6. The fourth-order valence-electron chi connectivity index (χ4n) is 7.75. The van der Waals surface area contributed by atoms with E-state index in [9.17, 15) is 0 Å². The molecule has 248 valence electrons. The number of hydrogen-bond donors (Lipinski definition) is 0. The van der Waals surface area contributed by atoms with Crippen LogP contribution in [0, 0.1) is 0 Å². The van der Waals surface area contributed by atoms with Crippen LogP contribution in [-0.4, -0.2) is 21.2 Å². The van der Waals surface area contributed by atoms with Gasteiger partial charge in [-0.15, -0.1) is 0 Å². The third-order valence-electron chi connectivity index (χ3n) is 10.2. The molecule has 1 heterocycles. The first-order chi connectivity index (χ1) is 22.7. The topological polar surface area (TPSA) is 34.9 Å². The molecule has 1 atom stereocenters. The monoisotopic (exact) mass is 638 g/mol. The summed E-state index contributed by atoms with van der Waals surface area (Å²) in [4.78, 5) is 20.1. The third-order valence-corrected chi connectivity index (χ3v) is 17.1. The van der Waals surface area contributed by atoms with Gasteiger partial charge in [0.15, 0.2) is 0 Å². The number of benzene rings is 3. The predicted molar refractivity (Wildman–Crippen MR) is 202 cm³/mol. The molecule has 46 heavy (non-hydrogen) atoms. The summed E-state index contributed by atoms with van der Waals surface area (Å²) in [6, 6.07) is 32.4. The Morgan fingerprint density at radius 2 is 1.04 bits per heavy atom. The van der Waals surface area contributed by atoms with Crippen molar-refractivity contribution in [2.45, 2.75) is 123 Å². The van der Waals surface area contributed by atoms with Gasteiger partial charge in [0.25, 0.3) is 0 Å². The molecule has 1 aromatic heterocycles. The molecule has 0 fully saturated rings. The molecule has 0 saturated carbocycles. The molecule has 0 saturated heterocycles. The van der Waals surface area contributed by atoms with E-state index in [1.54, 1.807) is 0 Å². The van der Waals surface area contributed by atoms with Gasteiger partial charge >= 0.3 is 242 Å². The molecule has 4 rings (SSSR count). The van der Waals surface area contributed by atoms with Crippen LogP contribution in [-0.2, 0) is 4.79 Å². The zero-order valence-electron chi connectivity index (χ0n) is 28.7. The van der Waals surface area contributed by atoms with Gasteiger partial charge in [-0.2, -0.15) is 0 Å². The standard InChI is InChI=1S/C42H59N2OP/c1-3-5-6-7-8-9-10-11-12-13-14-15-19-26-38(44-34-33-43-37-44)36-42(45)46(35-4-2,39-27-20-16-21-28-39,40-29-22-17-23-30-40)41-31-24-18-25-32-41/h16-18,20-25,27-34,37-38H,3-15,19,26,35-36H2,1-2H3. The van der Waals surface area contributed by atoms with Crippen molar-refractivity contribution in [3.63, 3.8) is 0 Å². The fraction of sp³-hybridized carbons (Fsp3) is 0.476. The molecule has 4 heteroatoms. The number of carbonyl (C=O) groups is 1. The Hall–Kier alpha value is -3.03. The van der Waals surface area contributed by atoms with Crippen LogP contribution in [0.4, 0.5) is 0 Å². The average molecular weight is 639 g/mol. The van der Waals surface area contributed by atoms with E-state index >= 15 is 4.79 Å². The molecule has 3 aromatic carbocycles. The number of imidazole rings is 1. The van der Waals surface area contributed by atoms with E-state index in [0.717, 1.165) is 25.4 Å². The third kappa shape index (κ3) is 8.46. The van der Waals surface area contributed by atoms with Crippen LogP contribution >= 0.6 is 6.60 Å². The molecule has 0 radical (unpaired) electrons. The summed E-state index contributed by atoms with van der Waals surface area (Å²) < 4.78 is 2.21. The maximum absolute atomic E-state index is 15.6.